The van der Waals surface area contributed by atoms with Crippen LogP contribution in [0.3, 0.4) is 0 Å². The Labute approximate surface area is 215 Å². The molecular formula is C30H41NO5. The van der Waals surface area contributed by atoms with E-state index in [2.05, 4.69) is 6.08 Å². The molecule has 0 saturated carbocycles. The lowest BCUT2D eigenvalue weighted by Gasteiger charge is -2.31. The second kappa shape index (κ2) is 15.4. The maximum atomic E-state index is 12.3. The number of benzene rings is 2. The average molecular weight is 496 g/mol. The topological polar surface area (TPSA) is 102 Å². The van der Waals surface area contributed by atoms with Crippen LogP contribution in [0.2, 0.25) is 0 Å². The Bertz CT molecular complexity index is 1050. The zero-order valence-corrected chi connectivity index (χ0v) is 22.5. The van der Waals surface area contributed by atoms with Crippen molar-refractivity contribution >= 4 is 11.5 Å². The molecule has 0 radical (unpaired) electrons. The lowest BCUT2D eigenvalue weighted by atomic mass is 9.76. The van der Waals surface area contributed by atoms with Gasteiger partial charge in [0.25, 0.3) is 0 Å². The summed E-state index contributed by atoms with van der Waals surface area (Å²) in [6.07, 6.45) is 4.71. The number of hydrogen-bond donors (Lipinski definition) is 3. The number of aromatic hydroxyl groups is 1. The van der Waals surface area contributed by atoms with E-state index in [1.165, 1.54) is 24.8 Å². The smallest absolute Gasteiger partial charge is 0.313 e. The molecule has 6 nitrogen and oxygen atoms in total. The monoisotopic (exact) mass is 495 g/mol. The molecule has 0 aromatic heterocycles. The Hall–Kier alpha value is -3.67. The number of allylic oxidation sites excluding steroid dienone is 4. The van der Waals surface area contributed by atoms with Crippen molar-refractivity contribution in [3.05, 3.63) is 88.8 Å². The first-order valence-corrected chi connectivity index (χ1v) is 12.5. The predicted molar refractivity (Wildman–Crippen MR) is 147 cm³/mol. The Balaban J connectivity index is 0.00000154. The summed E-state index contributed by atoms with van der Waals surface area (Å²) in [6, 6.07) is 13.8. The largest absolute Gasteiger partial charge is 0.508 e. The molecule has 36 heavy (non-hydrogen) atoms. The minimum absolute atomic E-state index is 0.121. The average Bonchev–Trinajstić information content (AvgIpc) is 2.89. The number of hydrogen-bond acceptors (Lipinski definition) is 5. The fourth-order valence-corrected chi connectivity index (χ4v) is 3.83. The number of carboxylic acids is 1. The summed E-state index contributed by atoms with van der Waals surface area (Å²) in [6.45, 7) is 12.7. The van der Waals surface area contributed by atoms with E-state index in [9.17, 15) is 15.0 Å². The van der Waals surface area contributed by atoms with Gasteiger partial charge in [-0.1, -0.05) is 63.6 Å². The third-order valence-corrected chi connectivity index (χ3v) is 5.43. The molecule has 0 spiro atoms. The van der Waals surface area contributed by atoms with E-state index in [-0.39, 0.29) is 11.4 Å². The predicted octanol–water partition coefficient (Wildman–Crippen LogP) is 6.88. The Morgan fingerprint density at radius 2 is 1.58 bits per heavy atom. The molecule has 6 heteroatoms. The molecule has 0 amide bonds. The lowest BCUT2D eigenvalue weighted by Crippen LogP contribution is -2.32. The number of rotatable bonds is 8. The second-order valence-electron chi connectivity index (χ2n) is 7.95. The molecule has 2 aromatic carbocycles. The minimum atomic E-state index is -1.03. The summed E-state index contributed by atoms with van der Waals surface area (Å²) in [7, 11) is 1.52. The Kier molecular flexibility index (Phi) is 12.9. The van der Waals surface area contributed by atoms with E-state index in [1.807, 2.05) is 65.8 Å². The van der Waals surface area contributed by atoms with Gasteiger partial charge in [-0.05, 0) is 61.7 Å². The molecule has 2 aromatic rings. The van der Waals surface area contributed by atoms with E-state index in [0.29, 0.717) is 23.5 Å². The van der Waals surface area contributed by atoms with Crippen LogP contribution in [-0.2, 0) is 9.53 Å². The van der Waals surface area contributed by atoms with Gasteiger partial charge in [0.05, 0.1) is 19.6 Å². The molecule has 0 heterocycles. The van der Waals surface area contributed by atoms with Crippen molar-refractivity contribution in [2.75, 3.05) is 13.7 Å². The number of methoxy groups -OCH3 is 1. The molecule has 0 fully saturated rings. The maximum Gasteiger partial charge on any atom is 0.313 e. The van der Waals surface area contributed by atoms with Gasteiger partial charge in [-0.2, -0.15) is 0 Å². The van der Waals surface area contributed by atoms with Crippen molar-refractivity contribution in [3.63, 3.8) is 0 Å². The van der Waals surface area contributed by atoms with Crippen LogP contribution in [0.1, 0.15) is 65.0 Å². The fourth-order valence-electron chi connectivity index (χ4n) is 3.83. The zero-order chi connectivity index (χ0) is 27.3. The SMILES string of the molecule is CC.CC.COC1=CC(c2ccc(O)cc2)=C(N)C(C(=O)O)C1c1ccc(OCCC=C(C)C)cc1. The van der Waals surface area contributed by atoms with Crippen LogP contribution in [0.25, 0.3) is 5.57 Å². The van der Waals surface area contributed by atoms with Gasteiger partial charge in [-0.25, -0.2) is 0 Å². The highest BCUT2D eigenvalue weighted by atomic mass is 16.5. The van der Waals surface area contributed by atoms with Gasteiger partial charge in [-0.3, -0.25) is 4.79 Å². The quantitative estimate of drug-likeness (QED) is 0.273. The maximum absolute atomic E-state index is 12.3. The van der Waals surface area contributed by atoms with Crippen molar-refractivity contribution in [1.29, 1.82) is 0 Å². The van der Waals surface area contributed by atoms with E-state index >= 15 is 0 Å². The first-order chi connectivity index (χ1) is 17.3. The second-order valence-corrected chi connectivity index (χ2v) is 7.95. The zero-order valence-electron chi connectivity index (χ0n) is 22.5. The molecule has 1 aliphatic rings. The number of nitrogens with two attached hydrogens (primary N) is 1. The molecule has 196 valence electrons. The van der Waals surface area contributed by atoms with Gasteiger partial charge in [0.1, 0.15) is 23.2 Å². The number of phenolic OH excluding ortho intramolecular Hbond substituents is 1. The van der Waals surface area contributed by atoms with Crippen LogP contribution in [-0.4, -0.2) is 29.9 Å². The Morgan fingerprint density at radius 3 is 2.08 bits per heavy atom. The van der Waals surface area contributed by atoms with Crippen molar-refractivity contribution in [2.24, 2.45) is 11.7 Å². The Morgan fingerprint density at radius 1 is 1.00 bits per heavy atom. The van der Waals surface area contributed by atoms with Crippen LogP contribution in [0.5, 0.6) is 11.5 Å². The molecule has 1 aliphatic carbocycles. The first-order valence-electron chi connectivity index (χ1n) is 12.5. The van der Waals surface area contributed by atoms with E-state index in [0.717, 1.165) is 17.7 Å². The summed E-state index contributed by atoms with van der Waals surface area (Å²) >= 11 is 0. The van der Waals surface area contributed by atoms with Gasteiger partial charge in [0.15, 0.2) is 0 Å². The van der Waals surface area contributed by atoms with E-state index in [1.54, 1.807) is 18.2 Å². The highest BCUT2D eigenvalue weighted by molar-refractivity contribution is 5.87. The van der Waals surface area contributed by atoms with Crippen LogP contribution < -0.4 is 10.5 Å². The third-order valence-electron chi connectivity index (χ3n) is 5.43. The normalized spacial score (nSPS) is 16.4. The summed E-state index contributed by atoms with van der Waals surface area (Å²) < 4.78 is 11.4. The van der Waals surface area contributed by atoms with Crippen molar-refractivity contribution < 1.29 is 24.5 Å². The summed E-state index contributed by atoms with van der Waals surface area (Å²) in [5.41, 5.74) is 9.93. The minimum Gasteiger partial charge on any atom is -0.508 e. The first kappa shape index (κ1) is 30.4. The van der Waals surface area contributed by atoms with Crippen LogP contribution in [0, 0.1) is 5.92 Å². The number of carboxylic acid groups (broad SMARTS) is 1. The molecule has 0 aliphatic heterocycles. The van der Waals surface area contributed by atoms with Gasteiger partial charge in [0.2, 0.25) is 0 Å². The molecule has 3 rings (SSSR count). The van der Waals surface area contributed by atoms with Crippen molar-refractivity contribution in [1.82, 2.24) is 0 Å². The fraction of sp³-hybridized carbons (Fsp3) is 0.367. The highest BCUT2D eigenvalue weighted by Crippen LogP contribution is 2.43. The van der Waals surface area contributed by atoms with Gasteiger partial charge < -0.3 is 25.4 Å². The summed E-state index contributed by atoms with van der Waals surface area (Å²) in [5, 5.41) is 19.6. The number of ether oxygens (including phenoxy) is 2. The summed E-state index contributed by atoms with van der Waals surface area (Å²) in [4.78, 5) is 12.3. The highest BCUT2D eigenvalue weighted by Gasteiger charge is 2.39. The van der Waals surface area contributed by atoms with Crippen LogP contribution >= 0.6 is 0 Å². The molecule has 2 unspecified atom stereocenters. The van der Waals surface area contributed by atoms with Crippen LogP contribution in [0.15, 0.2) is 77.7 Å². The van der Waals surface area contributed by atoms with E-state index < -0.39 is 17.8 Å². The van der Waals surface area contributed by atoms with Crippen LogP contribution in [0.4, 0.5) is 0 Å². The number of carbonyl (C=O) groups is 1. The lowest BCUT2D eigenvalue weighted by molar-refractivity contribution is -0.141. The van der Waals surface area contributed by atoms with Gasteiger partial charge in [-0.15, -0.1) is 0 Å². The molecule has 0 saturated heterocycles. The third kappa shape index (κ3) is 7.94. The standard InChI is InChI=1S/C26H29NO5.2C2H6/c1-16(2)5-4-14-32-20-12-8-18(9-13-20)23-22(31-3)15-21(25(27)24(23)26(29)30)17-6-10-19(28)11-7-17;2*1-2/h5-13,15,23-24,28H,4,14,27H2,1-3H3,(H,29,30);2*1-2H3. The molecule has 2 atom stereocenters. The van der Waals surface area contributed by atoms with E-state index in [4.69, 9.17) is 15.2 Å². The number of aliphatic carboxylic acids is 1. The molecular weight excluding hydrogens is 454 g/mol. The number of phenols is 1. The van der Waals surface area contributed by atoms with Gasteiger partial charge in [0, 0.05) is 11.3 Å². The van der Waals surface area contributed by atoms with Crippen molar-refractivity contribution in [3.8, 4) is 11.5 Å². The van der Waals surface area contributed by atoms with Crippen molar-refractivity contribution in [2.45, 2.75) is 53.9 Å². The molecule has 0 bridgehead atoms. The molecule has 4 N–H and O–H groups in total. The summed E-state index contributed by atoms with van der Waals surface area (Å²) in [5.74, 6) is -1.26. The van der Waals surface area contributed by atoms with Gasteiger partial charge >= 0.3 is 5.97 Å².